The molecule has 0 aliphatic carbocycles. The second-order valence-corrected chi connectivity index (χ2v) is 8.41. The number of nitrogens with one attached hydrogen (secondary N) is 2. The number of anilines is 3. The minimum absolute atomic E-state index is 0.513. The first-order valence-electron chi connectivity index (χ1n) is 11.9. The van der Waals surface area contributed by atoms with E-state index in [1.54, 1.807) is 28.4 Å². The molecular weight excluding hydrogens is 476 g/mol. The fraction of sp³-hybridized carbons (Fsp3) is 0.346. The maximum Gasteiger partial charge on any atom is 0.207 e. The number of imidazole rings is 1. The highest BCUT2D eigenvalue weighted by Crippen LogP contribution is 2.32. The molecule has 1 fully saturated rings. The van der Waals surface area contributed by atoms with Crippen LogP contribution >= 0.6 is 0 Å². The number of ether oxygens (including phenoxy) is 5. The molecule has 4 aromatic rings. The number of morpholine rings is 1. The Morgan fingerprint density at radius 2 is 1.51 bits per heavy atom. The Bertz CT molecular complexity index is 1390. The van der Waals surface area contributed by atoms with Crippen LogP contribution < -0.4 is 29.2 Å². The standard InChI is InChI=1S/C26H30N6O5/c1-33-18-7-5-16(13-20(18)35-3)14-22-28-24-23(25(29-22)32-9-11-37-12-10-32)30-26(31-24)27-17-6-8-19(34-2)21(15-17)36-4/h5-8,13,15H,9-12,14H2,1-4H3,(H2,27,28,29,30,31). The monoisotopic (exact) mass is 506 g/mol. The molecule has 1 aliphatic rings. The van der Waals surface area contributed by atoms with Crippen LogP contribution in [0.4, 0.5) is 17.5 Å². The van der Waals surface area contributed by atoms with Crippen LogP contribution in [0.2, 0.25) is 0 Å². The normalized spacial score (nSPS) is 13.5. The number of aromatic amines is 1. The Labute approximate surface area is 214 Å². The molecule has 0 radical (unpaired) electrons. The number of nitrogens with zero attached hydrogens (tertiary/aromatic N) is 4. The molecule has 0 spiro atoms. The summed E-state index contributed by atoms with van der Waals surface area (Å²) >= 11 is 0. The lowest BCUT2D eigenvalue weighted by atomic mass is 10.1. The third kappa shape index (κ3) is 5.17. The SMILES string of the molecule is COc1ccc(Cc2nc(N3CCOCC3)c3[nH]c(Nc4ccc(OC)c(OC)c4)nc3n2)cc1OC. The van der Waals surface area contributed by atoms with E-state index in [1.807, 2.05) is 36.4 Å². The van der Waals surface area contributed by atoms with Crippen LogP contribution in [0, 0.1) is 0 Å². The van der Waals surface area contributed by atoms with E-state index < -0.39 is 0 Å². The summed E-state index contributed by atoms with van der Waals surface area (Å²) < 4.78 is 27.1. The van der Waals surface area contributed by atoms with Crippen molar-refractivity contribution in [3.8, 4) is 23.0 Å². The first kappa shape index (κ1) is 24.4. The molecule has 0 bridgehead atoms. The molecule has 1 aliphatic heterocycles. The molecule has 2 aromatic carbocycles. The predicted molar refractivity (Wildman–Crippen MR) is 140 cm³/mol. The van der Waals surface area contributed by atoms with Crippen LogP contribution in [0.1, 0.15) is 11.4 Å². The Balaban J connectivity index is 1.50. The van der Waals surface area contributed by atoms with Gasteiger partial charge in [0.1, 0.15) is 11.3 Å². The van der Waals surface area contributed by atoms with Gasteiger partial charge in [-0.2, -0.15) is 4.98 Å². The highest BCUT2D eigenvalue weighted by molar-refractivity contribution is 5.86. The van der Waals surface area contributed by atoms with Crippen LogP contribution in [0.15, 0.2) is 36.4 Å². The van der Waals surface area contributed by atoms with Crippen molar-refractivity contribution in [1.29, 1.82) is 0 Å². The average molecular weight is 507 g/mol. The maximum absolute atomic E-state index is 5.56. The number of aromatic nitrogens is 4. The van der Waals surface area contributed by atoms with E-state index >= 15 is 0 Å². The lowest BCUT2D eigenvalue weighted by Gasteiger charge is -2.28. The first-order valence-corrected chi connectivity index (χ1v) is 11.9. The summed E-state index contributed by atoms with van der Waals surface area (Å²) in [5, 5.41) is 3.30. The van der Waals surface area contributed by atoms with Gasteiger partial charge >= 0.3 is 0 Å². The van der Waals surface area contributed by atoms with Crippen LogP contribution in [-0.2, 0) is 11.2 Å². The number of rotatable bonds is 9. The fourth-order valence-electron chi connectivity index (χ4n) is 4.29. The van der Waals surface area contributed by atoms with Gasteiger partial charge in [0.05, 0.1) is 41.7 Å². The summed E-state index contributed by atoms with van der Waals surface area (Å²) in [5.74, 6) is 4.62. The molecule has 0 amide bonds. The zero-order valence-electron chi connectivity index (χ0n) is 21.3. The van der Waals surface area contributed by atoms with Crippen LogP contribution in [-0.4, -0.2) is 74.7 Å². The van der Waals surface area contributed by atoms with Crippen molar-refractivity contribution in [3.63, 3.8) is 0 Å². The third-order valence-corrected chi connectivity index (χ3v) is 6.15. The Morgan fingerprint density at radius 1 is 0.838 bits per heavy atom. The van der Waals surface area contributed by atoms with Crippen LogP contribution in [0.3, 0.4) is 0 Å². The molecule has 0 saturated carbocycles. The molecule has 5 rings (SSSR count). The van der Waals surface area contributed by atoms with Gasteiger partial charge < -0.3 is 38.9 Å². The molecule has 194 valence electrons. The number of fused-ring (bicyclic) bond motifs is 1. The summed E-state index contributed by atoms with van der Waals surface area (Å²) in [7, 11) is 6.45. The predicted octanol–water partition coefficient (Wildman–Crippen LogP) is 3.56. The second-order valence-electron chi connectivity index (χ2n) is 8.41. The largest absolute Gasteiger partial charge is 0.493 e. The van der Waals surface area contributed by atoms with Gasteiger partial charge in [0.25, 0.3) is 0 Å². The van der Waals surface area contributed by atoms with E-state index in [-0.39, 0.29) is 0 Å². The van der Waals surface area contributed by atoms with Gasteiger partial charge in [-0.1, -0.05) is 6.07 Å². The summed E-state index contributed by atoms with van der Waals surface area (Å²) in [6.07, 6.45) is 0.513. The zero-order chi connectivity index (χ0) is 25.8. The van der Waals surface area contributed by atoms with E-state index in [0.717, 1.165) is 35.7 Å². The summed E-state index contributed by atoms with van der Waals surface area (Å²) in [5.41, 5.74) is 3.14. The number of hydrogen-bond acceptors (Lipinski definition) is 10. The summed E-state index contributed by atoms with van der Waals surface area (Å²) in [6.45, 7) is 2.75. The molecule has 0 unspecified atom stereocenters. The first-order chi connectivity index (χ1) is 18.1. The van der Waals surface area contributed by atoms with Crippen molar-refractivity contribution in [2.75, 3.05) is 65.0 Å². The number of methoxy groups -OCH3 is 4. The van der Waals surface area contributed by atoms with Gasteiger partial charge in [0, 0.05) is 31.3 Å². The average Bonchev–Trinajstić information content (AvgIpc) is 3.35. The highest BCUT2D eigenvalue weighted by Gasteiger charge is 2.21. The van der Waals surface area contributed by atoms with E-state index in [1.165, 1.54) is 0 Å². The van der Waals surface area contributed by atoms with Crippen molar-refractivity contribution < 1.29 is 23.7 Å². The Hall–Kier alpha value is -4.25. The maximum atomic E-state index is 5.56. The van der Waals surface area contributed by atoms with Crippen molar-refractivity contribution in [2.24, 2.45) is 0 Å². The second kappa shape index (κ2) is 10.8. The molecule has 37 heavy (non-hydrogen) atoms. The van der Waals surface area contributed by atoms with Crippen molar-refractivity contribution in [1.82, 2.24) is 19.9 Å². The molecule has 3 heterocycles. The number of H-pyrrole nitrogens is 1. The van der Waals surface area contributed by atoms with Gasteiger partial charge in [-0.05, 0) is 29.8 Å². The quantitative estimate of drug-likeness (QED) is 0.349. The third-order valence-electron chi connectivity index (χ3n) is 6.15. The lowest BCUT2D eigenvalue weighted by Crippen LogP contribution is -2.37. The van der Waals surface area contributed by atoms with Crippen molar-refractivity contribution >= 4 is 28.6 Å². The summed E-state index contributed by atoms with van der Waals surface area (Å²) in [4.78, 5) is 20.0. The van der Waals surface area contributed by atoms with Gasteiger partial charge in [-0.15, -0.1) is 0 Å². The zero-order valence-corrected chi connectivity index (χ0v) is 21.3. The lowest BCUT2D eigenvalue weighted by molar-refractivity contribution is 0.122. The Kier molecular flexibility index (Phi) is 7.13. The van der Waals surface area contributed by atoms with E-state index in [4.69, 9.17) is 38.6 Å². The van der Waals surface area contributed by atoms with Gasteiger partial charge in [0.15, 0.2) is 34.5 Å². The molecule has 11 heteroatoms. The van der Waals surface area contributed by atoms with Gasteiger partial charge in [-0.25, -0.2) is 9.97 Å². The highest BCUT2D eigenvalue weighted by atomic mass is 16.5. The Morgan fingerprint density at radius 3 is 2.22 bits per heavy atom. The molecule has 11 nitrogen and oxygen atoms in total. The van der Waals surface area contributed by atoms with Crippen LogP contribution in [0.25, 0.3) is 11.2 Å². The van der Waals surface area contributed by atoms with Crippen molar-refractivity contribution in [3.05, 3.63) is 47.8 Å². The molecule has 2 N–H and O–H groups in total. The van der Waals surface area contributed by atoms with Crippen LogP contribution in [0.5, 0.6) is 23.0 Å². The molecular formula is C26H30N6O5. The minimum Gasteiger partial charge on any atom is -0.493 e. The number of hydrogen-bond donors (Lipinski definition) is 2. The van der Waals surface area contributed by atoms with E-state index in [9.17, 15) is 0 Å². The molecule has 0 atom stereocenters. The smallest absolute Gasteiger partial charge is 0.207 e. The van der Waals surface area contributed by atoms with Gasteiger partial charge in [0.2, 0.25) is 5.95 Å². The fourth-order valence-corrected chi connectivity index (χ4v) is 4.29. The molecule has 1 saturated heterocycles. The number of benzene rings is 2. The van der Waals surface area contributed by atoms with E-state index in [0.29, 0.717) is 60.1 Å². The van der Waals surface area contributed by atoms with E-state index in [2.05, 4.69) is 15.2 Å². The summed E-state index contributed by atoms with van der Waals surface area (Å²) in [6, 6.07) is 11.4. The topological polar surface area (TPSA) is 116 Å². The minimum atomic E-state index is 0.513. The molecule has 2 aromatic heterocycles. The van der Waals surface area contributed by atoms with Crippen molar-refractivity contribution in [2.45, 2.75) is 6.42 Å². The van der Waals surface area contributed by atoms with Gasteiger partial charge in [-0.3, -0.25) is 0 Å².